The first-order valence-corrected chi connectivity index (χ1v) is 6.35. The van der Waals surface area contributed by atoms with Gasteiger partial charge in [0.05, 0.1) is 0 Å². The summed E-state index contributed by atoms with van der Waals surface area (Å²) in [5, 5.41) is 19.7. The van der Waals surface area contributed by atoms with E-state index < -0.39 is 17.5 Å². The van der Waals surface area contributed by atoms with E-state index >= 15 is 0 Å². The summed E-state index contributed by atoms with van der Waals surface area (Å²) in [5.41, 5.74) is 1.36. The summed E-state index contributed by atoms with van der Waals surface area (Å²) in [5.74, 6) is -1.57. The minimum Gasteiger partial charge on any atom is -0.479 e. The molecule has 0 aromatic heterocycles. The minimum absolute atomic E-state index is 0.260. The third-order valence-electron chi connectivity index (χ3n) is 3.46. The van der Waals surface area contributed by atoms with Crippen molar-refractivity contribution in [3.8, 4) is 0 Å². The molecule has 0 saturated carbocycles. The Morgan fingerprint density at radius 2 is 1.78 bits per heavy atom. The van der Waals surface area contributed by atoms with E-state index in [4.69, 9.17) is 0 Å². The van der Waals surface area contributed by atoms with Gasteiger partial charge in [-0.3, -0.25) is 0 Å². The summed E-state index contributed by atoms with van der Waals surface area (Å²) < 4.78 is 0. The molecule has 2 unspecified atom stereocenters. The second kappa shape index (κ2) is 5.53. The van der Waals surface area contributed by atoms with Crippen LogP contribution in [0.25, 0.3) is 0 Å². The van der Waals surface area contributed by atoms with E-state index in [2.05, 4.69) is 0 Å². The standard InChI is InChI=1S/C15H22O3/c1-5-6-15(18,14(16)17)12(4)13-8-10(2)7-11(3)9-13/h7-9,12,18H,5-6H2,1-4H3,(H,16,17). The molecule has 0 radical (unpaired) electrons. The van der Waals surface area contributed by atoms with E-state index in [0.717, 1.165) is 16.7 Å². The van der Waals surface area contributed by atoms with E-state index in [1.807, 2.05) is 39.0 Å². The lowest BCUT2D eigenvalue weighted by atomic mass is 9.79. The van der Waals surface area contributed by atoms with Crippen LogP contribution in [0.4, 0.5) is 0 Å². The quantitative estimate of drug-likeness (QED) is 0.844. The highest BCUT2D eigenvalue weighted by Gasteiger charge is 2.41. The lowest BCUT2D eigenvalue weighted by Gasteiger charge is -2.30. The van der Waals surface area contributed by atoms with Crippen LogP contribution in [0.1, 0.15) is 49.3 Å². The molecule has 3 heteroatoms. The topological polar surface area (TPSA) is 57.5 Å². The van der Waals surface area contributed by atoms with E-state index in [-0.39, 0.29) is 6.42 Å². The van der Waals surface area contributed by atoms with Crippen molar-refractivity contribution in [2.75, 3.05) is 0 Å². The molecule has 1 aromatic carbocycles. The number of hydrogen-bond acceptors (Lipinski definition) is 2. The molecular formula is C15H22O3. The summed E-state index contributed by atoms with van der Waals surface area (Å²) >= 11 is 0. The number of hydrogen-bond donors (Lipinski definition) is 2. The number of carboxylic acid groups (broad SMARTS) is 1. The van der Waals surface area contributed by atoms with Crippen molar-refractivity contribution in [1.82, 2.24) is 0 Å². The van der Waals surface area contributed by atoms with Gasteiger partial charge in [-0.05, 0) is 25.8 Å². The van der Waals surface area contributed by atoms with Gasteiger partial charge in [-0.15, -0.1) is 0 Å². The van der Waals surface area contributed by atoms with Gasteiger partial charge in [0, 0.05) is 5.92 Å². The SMILES string of the molecule is CCCC(O)(C(=O)O)C(C)c1cc(C)cc(C)c1. The van der Waals surface area contributed by atoms with Gasteiger partial charge in [-0.2, -0.15) is 0 Å². The molecule has 0 heterocycles. The van der Waals surface area contributed by atoms with Crippen LogP contribution in [0, 0.1) is 13.8 Å². The highest BCUT2D eigenvalue weighted by molar-refractivity contribution is 5.78. The van der Waals surface area contributed by atoms with Crippen LogP contribution in [0.5, 0.6) is 0 Å². The molecule has 1 aromatic rings. The number of aliphatic carboxylic acids is 1. The van der Waals surface area contributed by atoms with Crippen LogP contribution in [0.2, 0.25) is 0 Å². The van der Waals surface area contributed by atoms with Crippen LogP contribution in [-0.2, 0) is 4.79 Å². The molecular weight excluding hydrogens is 228 g/mol. The van der Waals surface area contributed by atoms with Crippen LogP contribution < -0.4 is 0 Å². The van der Waals surface area contributed by atoms with Gasteiger partial charge in [0.1, 0.15) is 0 Å². The Bertz CT molecular complexity index is 419. The average Bonchev–Trinajstić information content (AvgIpc) is 2.26. The van der Waals surface area contributed by atoms with Crippen molar-refractivity contribution in [2.24, 2.45) is 0 Å². The Balaban J connectivity index is 3.17. The van der Waals surface area contributed by atoms with Crippen molar-refractivity contribution in [3.63, 3.8) is 0 Å². The number of aliphatic hydroxyl groups is 1. The van der Waals surface area contributed by atoms with E-state index in [9.17, 15) is 15.0 Å². The zero-order valence-electron chi connectivity index (χ0n) is 11.5. The normalized spacial score (nSPS) is 16.1. The highest BCUT2D eigenvalue weighted by atomic mass is 16.4. The van der Waals surface area contributed by atoms with Crippen LogP contribution >= 0.6 is 0 Å². The number of rotatable bonds is 5. The lowest BCUT2D eigenvalue weighted by Crippen LogP contribution is -2.43. The third kappa shape index (κ3) is 2.91. The van der Waals surface area contributed by atoms with E-state index in [1.54, 1.807) is 6.92 Å². The van der Waals surface area contributed by atoms with Crippen LogP contribution in [0.15, 0.2) is 18.2 Å². The van der Waals surface area contributed by atoms with E-state index in [1.165, 1.54) is 0 Å². The maximum absolute atomic E-state index is 11.3. The Morgan fingerprint density at radius 3 is 2.17 bits per heavy atom. The molecule has 100 valence electrons. The molecule has 0 amide bonds. The first-order valence-electron chi connectivity index (χ1n) is 6.35. The Labute approximate surface area is 108 Å². The number of carbonyl (C=O) groups is 1. The Kier molecular flexibility index (Phi) is 4.52. The van der Waals surface area contributed by atoms with Gasteiger partial charge in [0.15, 0.2) is 5.60 Å². The summed E-state index contributed by atoms with van der Waals surface area (Å²) in [4.78, 5) is 11.3. The predicted molar refractivity (Wildman–Crippen MR) is 71.8 cm³/mol. The number of carboxylic acids is 1. The fourth-order valence-electron chi connectivity index (χ4n) is 2.43. The zero-order valence-corrected chi connectivity index (χ0v) is 11.5. The van der Waals surface area contributed by atoms with Crippen molar-refractivity contribution in [3.05, 3.63) is 34.9 Å². The summed E-state index contributed by atoms with van der Waals surface area (Å²) in [6.45, 7) is 7.60. The van der Waals surface area contributed by atoms with Gasteiger partial charge < -0.3 is 10.2 Å². The third-order valence-corrected chi connectivity index (χ3v) is 3.46. The smallest absolute Gasteiger partial charge is 0.336 e. The summed E-state index contributed by atoms with van der Waals surface area (Å²) in [6.07, 6.45) is 0.897. The molecule has 0 bridgehead atoms. The summed E-state index contributed by atoms with van der Waals surface area (Å²) in [7, 11) is 0. The fraction of sp³-hybridized carbons (Fsp3) is 0.533. The first kappa shape index (κ1) is 14.7. The van der Waals surface area contributed by atoms with E-state index in [0.29, 0.717) is 6.42 Å². The molecule has 18 heavy (non-hydrogen) atoms. The molecule has 0 spiro atoms. The molecule has 0 aliphatic rings. The van der Waals surface area contributed by atoms with Gasteiger partial charge in [0.25, 0.3) is 0 Å². The van der Waals surface area contributed by atoms with Crippen molar-refractivity contribution in [2.45, 2.75) is 52.1 Å². The van der Waals surface area contributed by atoms with Crippen molar-refractivity contribution >= 4 is 5.97 Å². The second-order valence-corrected chi connectivity index (χ2v) is 5.12. The van der Waals surface area contributed by atoms with Gasteiger partial charge in [-0.25, -0.2) is 4.79 Å². The van der Waals surface area contributed by atoms with Crippen LogP contribution in [0.3, 0.4) is 0 Å². The molecule has 2 N–H and O–H groups in total. The summed E-state index contributed by atoms with van der Waals surface area (Å²) in [6, 6.07) is 5.93. The molecule has 3 nitrogen and oxygen atoms in total. The van der Waals surface area contributed by atoms with Gasteiger partial charge in [-0.1, -0.05) is 49.6 Å². The highest BCUT2D eigenvalue weighted by Crippen LogP contribution is 2.33. The van der Waals surface area contributed by atoms with Crippen LogP contribution in [-0.4, -0.2) is 21.8 Å². The number of aryl methyl sites for hydroxylation is 2. The molecule has 0 aliphatic heterocycles. The molecule has 1 rings (SSSR count). The maximum atomic E-state index is 11.3. The molecule has 0 aliphatic carbocycles. The lowest BCUT2D eigenvalue weighted by molar-refractivity contribution is -0.161. The van der Waals surface area contributed by atoms with Gasteiger partial charge in [0.2, 0.25) is 0 Å². The molecule has 0 fully saturated rings. The first-order chi connectivity index (χ1) is 8.31. The van der Waals surface area contributed by atoms with Gasteiger partial charge >= 0.3 is 5.97 Å². The largest absolute Gasteiger partial charge is 0.479 e. The molecule has 0 saturated heterocycles. The zero-order chi connectivity index (χ0) is 13.9. The Morgan fingerprint density at radius 1 is 1.28 bits per heavy atom. The fourth-order valence-corrected chi connectivity index (χ4v) is 2.43. The average molecular weight is 250 g/mol. The minimum atomic E-state index is -1.69. The maximum Gasteiger partial charge on any atom is 0.336 e. The van der Waals surface area contributed by atoms with Crippen molar-refractivity contribution < 1.29 is 15.0 Å². The second-order valence-electron chi connectivity index (χ2n) is 5.12. The van der Waals surface area contributed by atoms with Crippen molar-refractivity contribution in [1.29, 1.82) is 0 Å². The monoisotopic (exact) mass is 250 g/mol. The molecule has 2 atom stereocenters. The Hall–Kier alpha value is -1.35. The predicted octanol–water partition coefficient (Wildman–Crippen LogP) is 3.02. The number of benzene rings is 1.